The average Bonchev–Trinajstić information content (AvgIpc) is 3.16. The Morgan fingerprint density at radius 1 is 1.48 bits per heavy atom. The number of carbonyl (C=O) groups is 1. The summed E-state index contributed by atoms with van der Waals surface area (Å²) in [6, 6.07) is 7.26. The van der Waals surface area contributed by atoms with Crippen molar-refractivity contribution in [2.75, 3.05) is 26.9 Å². The van der Waals surface area contributed by atoms with Gasteiger partial charge in [0.2, 0.25) is 0 Å². The highest BCUT2D eigenvalue weighted by Crippen LogP contribution is 2.29. The van der Waals surface area contributed by atoms with Crippen LogP contribution >= 0.6 is 0 Å². The van der Waals surface area contributed by atoms with E-state index in [1.165, 1.54) is 0 Å². The monoisotopic (exact) mass is 344 g/mol. The molecule has 6 nitrogen and oxygen atoms in total. The van der Waals surface area contributed by atoms with Crippen molar-refractivity contribution >= 4 is 12.0 Å². The highest BCUT2D eigenvalue weighted by molar-refractivity contribution is 6.01. The number of hydrogen-bond donors (Lipinski definition) is 1. The maximum atomic E-state index is 12.2. The van der Waals surface area contributed by atoms with Crippen LogP contribution in [0.4, 0.5) is 0 Å². The highest BCUT2D eigenvalue weighted by Gasteiger charge is 2.17. The molecule has 1 aromatic carbocycles. The zero-order valence-electron chi connectivity index (χ0n) is 14.7. The number of carbonyl (C=O) groups excluding carboxylic acids is 1. The molecular weight excluding hydrogens is 320 g/mol. The van der Waals surface area contributed by atoms with Gasteiger partial charge in [0.25, 0.3) is 5.91 Å². The first-order valence-electron chi connectivity index (χ1n) is 8.50. The lowest BCUT2D eigenvalue weighted by Crippen LogP contribution is -2.32. The van der Waals surface area contributed by atoms with Crippen molar-refractivity contribution in [3.63, 3.8) is 0 Å². The molecule has 1 saturated heterocycles. The van der Waals surface area contributed by atoms with Crippen molar-refractivity contribution in [3.05, 3.63) is 29.3 Å². The molecule has 1 atom stereocenters. The number of nitriles is 1. The van der Waals surface area contributed by atoms with E-state index in [2.05, 4.69) is 5.32 Å². The third kappa shape index (κ3) is 5.50. The molecule has 25 heavy (non-hydrogen) atoms. The molecule has 1 amide bonds. The van der Waals surface area contributed by atoms with Gasteiger partial charge in [-0.2, -0.15) is 5.26 Å². The number of nitrogens with one attached hydrogen (secondary N) is 1. The topological polar surface area (TPSA) is 80.6 Å². The number of methoxy groups -OCH3 is 1. The van der Waals surface area contributed by atoms with Crippen LogP contribution in [-0.4, -0.2) is 38.9 Å². The Kier molecular flexibility index (Phi) is 7.30. The SMILES string of the molecule is CCCOc1cc(C=C(C#N)C(=O)NCC2CCCO2)ccc1OC. The van der Waals surface area contributed by atoms with E-state index in [1.54, 1.807) is 31.4 Å². The van der Waals surface area contributed by atoms with Gasteiger partial charge in [0.15, 0.2) is 11.5 Å². The Bertz CT molecular complexity index is 658. The second-order valence-corrected chi connectivity index (χ2v) is 5.77. The van der Waals surface area contributed by atoms with E-state index in [-0.39, 0.29) is 11.7 Å². The van der Waals surface area contributed by atoms with Gasteiger partial charge in [-0.1, -0.05) is 13.0 Å². The van der Waals surface area contributed by atoms with Crippen LogP contribution in [0.3, 0.4) is 0 Å². The second-order valence-electron chi connectivity index (χ2n) is 5.77. The van der Waals surface area contributed by atoms with Crippen molar-refractivity contribution in [3.8, 4) is 17.6 Å². The lowest BCUT2D eigenvalue weighted by Gasteiger charge is -2.11. The lowest BCUT2D eigenvalue weighted by atomic mass is 10.1. The minimum atomic E-state index is -0.398. The smallest absolute Gasteiger partial charge is 0.262 e. The minimum Gasteiger partial charge on any atom is -0.493 e. The van der Waals surface area contributed by atoms with E-state index in [9.17, 15) is 10.1 Å². The van der Waals surface area contributed by atoms with Crippen LogP contribution in [-0.2, 0) is 9.53 Å². The predicted molar refractivity (Wildman–Crippen MR) is 94.4 cm³/mol. The molecule has 0 spiro atoms. The normalized spacial score (nSPS) is 17.0. The Balaban J connectivity index is 2.09. The molecule has 0 aliphatic carbocycles. The summed E-state index contributed by atoms with van der Waals surface area (Å²) in [6.07, 6.45) is 4.40. The van der Waals surface area contributed by atoms with Gasteiger partial charge in [-0.3, -0.25) is 4.79 Å². The predicted octanol–water partition coefficient (Wildman–Crippen LogP) is 2.69. The third-order valence-corrected chi connectivity index (χ3v) is 3.84. The van der Waals surface area contributed by atoms with Crippen LogP contribution in [0.5, 0.6) is 11.5 Å². The Labute approximate surface area is 148 Å². The third-order valence-electron chi connectivity index (χ3n) is 3.84. The summed E-state index contributed by atoms with van der Waals surface area (Å²) >= 11 is 0. The van der Waals surface area contributed by atoms with Gasteiger partial charge in [0, 0.05) is 13.2 Å². The lowest BCUT2D eigenvalue weighted by molar-refractivity contribution is -0.117. The molecule has 0 bridgehead atoms. The van der Waals surface area contributed by atoms with Crippen molar-refractivity contribution in [1.29, 1.82) is 5.26 Å². The van der Waals surface area contributed by atoms with Crippen LogP contribution in [0.25, 0.3) is 6.08 Å². The van der Waals surface area contributed by atoms with Crippen LogP contribution < -0.4 is 14.8 Å². The Morgan fingerprint density at radius 2 is 2.32 bits per heavy atom. The summed E-state index contributed by atoms with van der Waals surface area (Å²) in [5.74, 6) is 0.812. The van der Waals surface area contributed by atoms with E-state index in [4.69, 9.17) is 14.2 Å². The van der Waals surface area contributed by atoms with E-state index in [0.717, 1.165) is 25.9 Å². The van der Waals surface area contributed by atoms with Gasteiger partial charge in [-0.25, -0.2) is 0 Å². The van der Waals surface area contributed by atoms with Crippen LogP contribution in [0, 0.1) is 11.3 Å². The number of ether oxygens (including phenoxy) is 3. The summed E-state index contributed by atoms with van der Waals surface area (Å²) in [7, 11) is 1.57. The number of nitrogens with zero attached hydrogens (tertiary/aromatic N) is 1. The standard InChI is InChI=1S/C19H24N2O4/c1-3-8-25-18-11-14(6-7-17(18)23-2)10-15(12-20)19(22)21-13-16-5-4-9-24-16/h6-7,10-11,16H,3-5,8-9,13H2,1-2H3,(H,21,22). The van der Waals surface area contributed by atoms with Gasteiger partial charge in [-0.05, 0) is 43.0 Å². The highest BCUT2D eigenvalue weighted by atomic mass is 16.5. The molecule has 1 N–H and O–H groups in total. The van der Waals surface area contributed by atoms with Gasteiger partial charge >= 0.3 is 0 Å². The van der Waals surface area contributed by atoms with Crippen molar-refractivity contribution < 1.29 is 19.0 Å². The zero-order chi connectivity index (χ0) is 18.1. The Hall–Kier alpha value is -2.52. The summed E-state index contributed by atoms with van der Waals surface area (Å²) in [6.45, 7) is 3.73. The second kappa shape index (κ2) is 9.70. The summed E-state index contributed by atoms with van der Waals surface area (Å²) in [4.78, 5) is 12.2. The summed E-state index contributed by atoms with van der Waals surface area (Å²) < 4.78 is 16.4. The van der Waals surface area contributed by atoms with Crippen molar-refractivity contribution in [1.82, 2.24) is 5.32 Å². The molecule has 0 radical (unpaired) electrons. The molecule has 1 aromatic rings. The van der Waals surface area contributed by atoms with Crippen LogP contribution in [0.15, 0.2) is 23.8 Å². The zero-order valence-corrected chi connectivity index (χ0v) is 14.7. The average molecular weight is 344 g/mol. The quantitative estimate of drug-likeness (QED) is 0.579. The fourth-order valence-corrected chi connectivity index (χ4v) is 2.53. The maximum absolute atomic E-state index is 12.2. The number of hydrogen-bond acceptors (Lipinski definition) is 5. The molecule has 1 unspecified atom stereocenters. The first-order chi connectivity index (χ1) is 12.2. The van der Waals surface area contributed by atoms with Crippen LogP contribution in [0.1, 0.15) is 31.7 Å². The molecule has 1 fully saturated rings. The largest absolute Gasteiger partial charge is 0.493 e. The molecule has 2 rings (SSSR count). The van der Waals surface area contributed by atoms with Gasteiger partial charge in [-0.15, -0.1) is 0 Å². The van der Waals surface area contributed by atoms with Crippen molar-refractivity contribution in [2.45, 2.75) is 32.3 Å². The molecule has 0 saturated carbocycles. The van der Waals surface area contributed by atoms with Crippen molar-refractivity contribution in [2.24, 2.45) is 0 Å². The van der Waals surface area contributed by atoms with Gasteiger partial charge in [0.1, 0.15) is 11.6 Å². The van der Waals surface area contributed by atoms with E-state index >= 15 is 0 Å². The first-order valence-corrected chi connectivity index (χ1v) is 8.50. The van der Waals surface area contributed by atoms with Gasteiger partial charge in [0.05, 0.1) is 19.8 Å². The van der Waals surface area contributed by atoms with Gasteiger partial charge < -0.3 is 19.5 Å². The maximum Gasteiger partial charge on any atom is 0.262 e. The Morgan fingerprint density at radius 3 is 2.96 bits per heavy atom. The first kappa shape index (κ1) is 18.8. The summed E-state index contributed by atoms with van der Waals surface area (Å²) in [5.41, 5.74) is 0.750. The molecule has 0 aromatic heterocycles. The number of amides is 1. The minimum absolute atomic E-state index is 0.0407. The summed E-state index contributed by atoms with van der Waals surface area (Å²) in [5, 5.41) is 12.1. The van der Waals surface area contributed by atoms with E-state index in [1.807, 2.05) is 13.0 Å². The number of rotatable bonds is 8. The number of benzene rings is 1. The van der Waals surface area contributed by atoms with E-state index < -0.39 is 5.91 Å². The molecule has 134 valence electrons. The molecule has 1 aliphatic rings. The fraction of sp³-hybridized carbons (Fsp3) is 0.474. The van der Waals surface area contributed by atoms with E-state index in [0.29, 0.717) is 30.2 Å². The molecule has 6 heteroatoms. The molecule has 1 heterocycles. The molecular formula is C19H24N2O4. The fourth-order valence-electron chi connectivity index (χ4n) is 2.53. The molecule has 1 aliphatic heterocycles. The van der Waals surface area contributed by atoms with Crippen LogP contribution in [0.2, 0.25) is 0 Å².